The fraction of sp³-hybridized carbons (Fsp3) is 0.429. The molecule has 3 rings (SSSR count). The first-order chi connectivity index (χ1) is 9.10. The lowest BCUT2D eigenvalue weighted by Gasteiger charge is -2.29. The summed E-state index contributed by atoms with van der Waals surface area (Å²) in [7, 11) is 0. The van der Waals surface area contributed by atoms with Gasteiger partial charge >= 0.3 is 0 Å². The first-order valence-electron chi connectivity index (χ1n) is 6.21. The second-order valence-corrected chi connectivity index (χ2v) is 4.83. The molecule has 1 aliphatic heterocycles. The first kappa shape index (κ1) is 12.7. The van der Waals surface area contributed by atoms with Gasteiger partial charge in [-0.2, -0.15) is 0 Å². The molecule has 0 radical (unpaired) electrons. The van der Waals surface area contributed by atoms with Crippen molar-refractivity contribution in [1.82, 2.24) is 0 Å². The van der Waals surface area contributed by atoms with Gasteiger partial charge in [0.05, 0.1) is 6.61 Å². The monoisotopic (exact) mass is 270 g/mol. The smallest absolute Gasteiger partial charge is 0.173 e. The van der Waals surface area contributed by atoms with Crippen LogP contribution < -0.4 is 0 Å². The van der Waals surface area contributed by atoms with Gasteiger partial charge in [0.2, 0.25) is 0 Å². The van der Waals surface area contributed by atoms with E-state index >= 15 is 0 Å². The van der Waals surface area contributed by atoms with Crippen molar-refractivity contribution in [1.29, 1.82) is 0 Å². The molecule has 5 heteroatoms. The van der Waals surface area contributed by atoms with Crippen LogP contribution in [0.1, 0.15) is 30.9 Å². The van der Waals surface area contributed by atoms with Crippen molar-refractivity contribution in [2.75, 3.05) is 6.61 Å². The Morgan fingerprint density at radius 1 is 1.05 bits per heavy atom. The summed E-state index contributed by atoms with van der Waals surface area (Å²) in [6.07, 6.45) is 5.39. The maximum atomic E-state index is 13.7. The van der Waals surface area contributed by atoms with Crippen LogP contribution in [0, 0.1) is 17.5 Å². The molecule has 1 spiro atoms. The second-order valence-electron chi connectivity index (χ2n) is 4.83. The summed E-state index contributed by atoms with van der Waals surface area (Å²) < 4.78 is 51.1. The highest BCUT2D eigenvalue weighted by molar-refractivity contribution is 5.23. The second kappa shape index (κ2) is 4.65. The minimum Gasteiger partial charge on any atom is -0.346 e. The van der Waals surface area contributed by atoms with Gasteiger partial charge in [0, 0.05) is 24.5 Å². The summed E-state index contributed by atoms with van der Waals surface area (Å²) in [5, 5.41) is 0. The minimum absolute atomic E-state index is 0.00493. The summed E-state index contributed by atoms with van der Waals surface area (Å²) >= 11 is 0. The van der Waals surface area contributed by atoms with Gasteiger partial charge in [-0.25, -0.2) is 13.2 Å². The van der Waals surface area contributed by atoms with Crippen molar-refractivity contribution in [2.24, 2.45) is 0 Å². The Hall–Kier alpha value is -1.33. The summed E-state index contributed by atoms with van der Waals surface area (Å²) in [6, 6.07) is 1.39. The van der Waals surface area contributed by atoms with Crippen molar-refractivity contribution in [3.05, 3.63) is 47.3 Å². The van der Waals surface area contributed by atoms with Crippen molar-refractivity contribution in [3.63, 3.8) is 0 Å². The Morgan fingerprint density at radius 2 is 1.84 bits per heavy atom. The van der Waals surface area contributed by atoms with Crippen LogP contribution in [-0.2, 0) is 9.47 Å². The van der Waals surface area contributed by atoms with Crippen molar-refractivity contribution in [3.8, 4) is 0 Å². The molecular formula is C14H13F3O2. The third kappa shape index (κ3) is 2.28. The highest BCUT2D eigenvalue weighted by atomic mass is 19.2. The van der Waals surface area contributed by atoms with Gasteiger partial charge in [-0.3, -0.25) is 0 Å². The van der Waals surface area contributed by atoms with Gasteiger partial charge in [0.1, 0.15) is 11.9 Å². The maximum absolute atomic E-state index is 13.7. The Morgan fingerprint density at radius 3 is 2.58 bits per heavy atom. The van der Waals surface area contributed by atoms with Crippen LogP contribution >= 0.6 is 0 Å². The molecule has 1 heterocycles. The van der Waals surface area contributed by atoms with Crippen molar-refractivity contribution >= 4 is 0 Å². The lowest BCUT2D eigenvalue weighted by Crippen LogP contribution is -2.30. The van der Waals surface area contributed by atoms with Crippen molar-refractivity contribution < 1.29 is 22.6 Å². The van der Waals surface area contributed by atoms with E-state index in [1.54, 1.807) is 0 Å². The van der Waals surface area contributed by atoms with E-state index in [9.17, 15) is 13.2 Å². The molecule has 2 atom stereocenters. The SMILES string of the molecule is Fc1cc(F)c(C2COC3(CC=CCC3)O2)cc1F. The molecule has 102 valence electrons. The minimum atomic E-state index is -1.20. The molecule has 19 heavy (non-hydrogen) atoms. The van der Waals surface area contributed by atoms with Gasteiger partial charge in [0.15, 0.2) is 17.4 Å². The van der Waals surface area contributed by atoms with E-state index in [2.05, 4.69) is 0 Å². The Labute approximate surface area is 108 Å². The zero-order valence-corrected chi connectivity index (χ0v) is 10.2. The summed E-state index contributed by atoms with van der Waals surface area (Å²) in [6.45, 7) is 0.149. The van der Waals surface area contributed by atoms with Gasteiger partial charge < -0.3 is 9.47 Å². The van der Waals surface area contributed by atoms with E-state index in [0.717, 1.165) is 12.5 Å². The van der Waals surface area contributed by atoms with Crippen LogP contribution in [0.3, 0.4) is 0 Å². The van der Waals surface area contributed by atoms with Gasteiger partial charge in [0.25, 0.3) is 0 Å². The Bertz CT molecular complexity index is 530. The summed E-state index contributed by atoms with van der Waals surface area (Å²) in [4.78, 5) is 0. The number of rotatable bonds is 1. The Balaban J connectivity index is 1.85. The zero-order valence-electron chi connectivity index (χ0n) is 10.2. The van der Waals surface area contributed by atoms with E-state index in [1.165, 1.54) is 0 Å². The first-order valence-corrected chi connectivity index (χ1v) is 6.21. The molecule has 2 aliphatic rings. The molecule has 1 saturated heterocycles. The number of hydrogen-bond acceptors (Lipinski definition) is 2. The fourth-order valence-electron chi connectivity index (χ4n) is 2.52. The molecule has 1 aromatic carbocycles. The quantitative estimate of drug-likeness (QED) is 0.573. The molecule has 1 aliphatic carbocycles. The van der Waals surface area contributed by atoms with E-state index in [4.69, 9.17) is 9.47 Å². The molecule has 1 fully saturated rings. The average Bonchev–Trinajstić information content (AvgIpc) is 2.78. The molecule has 2 unspecified atom stereocenters. The lowest BCUT2D eigenvalue weighted by molar-refractivity contribution is -0.172. The van der Waals surface area contributed by atoms with E-state index in [0.29, 0.717) is 18.9 Å². The van der Waals surface area contributed by atoms with Crippen LogP contribution in [0.5, 0.6) is 0 Å². The third-order valence-electron chi connectivity index (χ3n) is 3.53. The Kier molecular flexibility index (Phi) is 3.11. The molecule has 1 aromatic rings. The van der Waals surface area contributed by atoms with E-state index in [-0.39, 0.29) is 12.2 Å². The van der Waals surface area contributed by atoms with Gasteiger partial charge in [-0.05, 0) is 12.5 Å². The molecule has 0 aromatic heterocycles. The largest absolute Gasteiger partial charge is 0.346 e. The van der Waals surface area contributed by atoms with Crippen LogP contribution in [0.25, 0.3) is 0 Å². The van der Waals surface area contributed by atoms with Crippen LogP contribution in [-0.4, -0.2) is 12.4 Å². The van der Waals surface area contributed by atoms with Crippen LogP contribution in [0.4, 0.5) is 13.2 Å². The fourth-order valence-corrected chi connectivity index (χ4v) is 2.52. The predicted molar refractivity (Wildman–Crippen MR) is 61.8 cm³/mol. The molecule has 2 nitrogen and oxygen atoms in total. The summed E-state index contributed by atoms with van der Waals surface area (Å²) in [5.41, 5.74) is 0.00493. The number of benzene rings is 1. The van der Waals surface area contributed by atoms with Crippen LogP contribution in [0.15, 0.2) is 24.3 Å². The van der Waals surface area contributed by atoms with Gasteiger partial charge in [-0.15, -0.1) is 0 Å². The summed E-state index contributed by atoms with van der Waals surface area (Å²) in [5.74, 6) is -3.83. The number of halogens is 3. The van der Waals surface area contributed by atoms with Gasteiger partial charge in [-0.1, -0.05) is 12.2 Å². The number of ether oxygens (including phenoxy) is 2. The standard InChI is InChI=1S/C14H13F3O2/c15-10-7-12(17)11(16)6-9(10)13-8-18-14(19-13)4-2-1-3-5-14/h1-2,6-7,13H,3-5,8H2. The predicted octanol–water partition coefficient (Wildman–Crippen LogP) is 3.63. The zero-order chi connectivity index (χ0) is 13.5. The molecule has 0 N–H and O–H groups in total. The lowest BCUT2D eigenvalue weighted by atomic mass is 10.0. The molecule has 0 amide bonds. The van der Waals surface area contributed by atoms with E-state index < -0.39 is 29.3 Å². The van der Waals surface area contributed by atoms with Crippen molar-refractivity contribution in [2.45, 2.75) is 31.2 Å². The topological polar surface area (TPSA) is 18.5 Å². The average molecular weight is 270 g/mol. The molecular weight excluding hydrogens is 257 g/mol. The maximum Gasteiger partial charge on any atom is 0.173 e. The highest BCUT2D eigenvalue weighted by Crippen LogP contribution is 2.41. The molecule has 0 saturated carbocycles. The number of allylic oxidation sites excluding steroid dienone is 1. The third-order valence-corrected chi connectivity index (χ3v) is 3.53. The highest BCUT2D eigenvalue weighted by Gasteiger charge is 2.42. The molecule has 0 bridgehead atoms. The van der Waals surface area contributed by atoms with Crippen LogP contribution in [0.2, 0.25) is 0 Å². The van der Waals surface area contributed by atoms with E-state index in [1.807, 2.05) is 12.2 Å². The normalized spacial score (nSPS) is 30.2. The number of hydrogen-bond donors (Lipinski definition) is 0.